The van der Waals surface area contributed by atoms with Crippen LogP contribution in [-0.4, -0.2) is 37.1 Å². The minimum absolute atomic E-state index is 0.0454. The highest BCUT2D eigenvalue weighted by Crippen LogP contribution is 2.36. The molecule has 4 aromatic rings. The molecule has 1 aliphatic rings. The van der Waals surface area contributed by atoms with E-state index in [4.69, 9.17) is 10.5 Å². The Kier molecular flexibility index (Phi) is 6.45. The summed E-state index contributed by atoms with van der Waals surface area (Å²) in [6.45, 7) is 1.71. The number of Topliss-reactive ketones (excluding diaryl/α,β-unsaturated/α-hetero) is 1. The van der Waals surface area contributed by atoms with E-state index in [1.165, 1.54) is 13.2 Å². The summed E-state index contributed by atoms with van der Waals surface area (Å²) in [5.41, 5.74) is 10.6. The molecule has 1 saturated heterocycles. The van der Waals surface area contributed by atoms with Crippen LogP contribution in [0.1, 0.15) is 18.4 Å². The zero-order chi connectivity index (χ0) is 25.2. The number of halogens is 1. The van der Waals surface area contributed by atoms with Crippen molar-refractivity contribution in [2.75, 3.05) is 31.6 Å². The number of anilines is 1. The molecule has 182 valence electrons. The molecule has 7 heteroatoms. The molecule has 0 unspecified atom stereocenters. The minimum Gasteiger partial charge on any atom is -0.494 e. The lowest BCUT2D eigenvalue weighted by Gasteiger charge is -2.33. The Bertz CT molecular complexity index is 1460. The van der Waals surface area contributed by atoms with Crippen LogP contribution < -0.4 is 15.4 Å². The van der Waals surface area contributed by atoms with Crippen LogP contribution in [0.3, 0.4) is 0 Å². The average molecular weight is 483 g/mol. The lowest BCUT2D eigenvalue weighted by Crippen LogP contribution is -2.38. The third-order valence-corrected chi connectivity index (χ3v) is 7.00. The SMILES string of the molecule is COc1ccc(-c2cc3cc(N4CCC(C(=O)CN)CC4)ccc3n2-c2ccc(C#N)cc2)cc1F. The van der Waals surface area contributed by atoms with Crippen LogP contribution in [0.5, 0.6) is 5.75 Å². The number of piperidine rings is 1. The number of fused-ring (bicyclic) bond motifs is 1. The normalized spacial score (nSPS) is 14.1. The van der Waals surface area contributed by atoms with Gasteiger partial charge in [-0.3, -0.25) is 4.79 Å². The predicted octanol–water partition coefficient (Wildman–Crippen LogP) is 5.06. The number of ketones is 1. The summed E-state index contributed by atoms with van der Waals surface area (Å²) >= 11 is 0. The first-order valence-corrected chi connectivity index (χ1v) is 12.0. The fraction of sp³-hybridized carbons (Fsp3) is 0.241. The maximum Gasteiger partial charge on any atom is 0.165 e. The van der Waals surface area contributed by atoms with Crippen LogP contribution in [0.25, 0.3) is 27.8 Å². The average Bonchev–Trinajstić information content (AvgIpc) is 3.31. The molecular formula is C29H27FN4O2. The van der Waals surface area contributed by atoms with Gasteiger partial charge >= 0.3 is 0 Å². The third-order valence-electron chi connectivity index (χ3n) is 7.00. The molecule has 0 atom stereocenters. The van der Waals surface area contributed by atoms with Crippen LogP contribution in [0.15, 0.2) is 66.7 Å². The van der Waals surface area contributed by atoms with Gasteiger partial charge in [0.1, 0.15) is 5.78 Å². The molecule has 0 aliphatic carbocycles. The standard InChI is InChI=1S/C29H27FN4O2/c1-36-29-9-4-21(15-25(29)30)27-16-22-14-24(33-12-10-20(11-13-33)28(35)18-32)7-8-26(22)34(27)23-5-2-19(17-31)3-6-23/h2-9,14-16,20H,10-13,18,32H2,1H3. The topological polar surface area (TPSA) is 84.3 Å². The zero-order valence-corrected chi connectivity index (χ0v) is 20.1. The molecule has 0 saturated carbocycles. The number of hydrogen-bond acceptors (Lipinski definition) is 5. The lowest BCUT2D eigenvalue weighted by atomic mass is 9.92. The van der Waals surface area contributed by atoms with E-state index in [9.17, 15) is 14.4 Å². The van der Waals surface area contributed by atoms with E-state index in [1.807, 2.05) is 18.2 Å². The molecule has 6 nitrogen and oxygen atoms in total. The molecule has 0 spiro atoms. The van der Waals surface area contributed by atoms with Crippen LogP contribution in [0, 0.1) is 23.1 Å². The molecule has 1 fully saturated rings. The number of nitriles is 1. The number of nitrogens with two attached hydrogens (primary N) is 1. The van der Waals surface area contributed by atoms with Gasteiger partial charge in [-0.15, -0.1) is 0 Å². The largest absolute Gasteiger partial charge is 0.494 e. The molecule has 5 rings (SSSR count). The van der Waals surface area contributed by atoms with Gasteiger partial charge in [-0.25, -0.2) is 4.39 Å². The fourth-order valence-electron chi connectivity index (χ4n) is 5.03. The third kappa shape index (κ3) is 4.32. The lowest BCUT2D eigenvalue weighted by molar-refractivity contribution is -0.122. The van der Waals surface area contributed by atoms with Crippen molar-refractivity contribution in [3.63, 3.8) is 0 Å². The maximum absolute atomic E-state index is 14.6. The van der Waals surface area contributed by atoms with Crippen LogP contribution in [0.2, 0.25) is 0 Å². The summed E-state index contributed by atoms with van der Waals surface area (Å²) in [5.74, 6) is -0.0502. The highest BCUT2D eigenvalue weighted by atomic mass is 19.1. The molecule has 1 aromatic heterocycles. The van der Waals surface area contributed by atoms with Gasteiger partial charge in [-0.2, -0.15) is 5.26 Å². The van der Waals surface area contributed by atoms with Gasteiger partial charge in [0.25, 0.3) is 0 Å². The van der Waals surface area contributed by atoms with Crippen molar-refractivity contribution in [3.05, 3.63) is 78.1 Å². The Hall–Kier alpha value is -4.15. The Morgan fingerprint density at radius 3 is 2.42 bits per heavy atom. The molecular weight excluding hydrogens is 455 g/mol. The van der Waals surface area contributed by atoms with Crippen LogP contribution in [-0.2, 0) is 4.79 Å². The number of methoxy groups -OCH3 is 1. The monoisotopic (exact) mass is 482 g/mol. The molecule has 2 heterocycles. The molecule has 0 bridgehead atoms. The quantitative estimate of drug-likeness (QED) is 0.415. The van der Waals surface area contributed by atoms with Gasteiger partial charge in [0.15, 0.2) is 11.6 Å². The van der Waals surface area contributed by atoms with Crippen LogP contribution >= 0.6 is 0 Å². The highest BCUT2D eigenvalue weighted by Gasteiger charge is 2.24. The summed E-state index contributed by atoms with van der Waals surface area (Å²) < 4.78 is 21.8. The van der Waals surface area contributed by atoms with Crippen molar-refractivity contribution >= 4 is 22.4 Å². The zero-order valence-electron chi connectivity index (χ0n) is 20.1. The second-order valence-corrected chi connectivity index (χ2v) is 9.05. The molecule has 0 amide bonds. The van der Waals surface area contributed by atoms with E-state index in [-0.39, 0.29) is 24.0 Å². The minimum atomic E-state index is -0.428. The predicted molar refractivity (Wildman–Crippen MR) is 139 cm³/mol. The van der Waals surface area contributed by atoms with Crippen molar-refractivity contribution in [2.24, 2.45) is 11.7 Å². The number of carbonyl (C=O) groups is 1. The van der Waals surface area contributed by atoms with Gasteiger partial charge in [-0.1, -0.05) is 0 Å². The number of benzene rings is 3. The van der Waals surface area contributed by atoms with E-state index in [1.54, 1.807) is 18.2 Å². The maximum atomic E-state index is 14.6. The van der Waals surface area contributed by atoms with Crippen molar-refractivity contribution < 1.29 is 13.9 Å². The first-order valence-electron chi connectivity index (χ1n) is 12.0. The summed E-state index contributed by atoms with van der Waals surface area (Å²) in [6.07, 6.45) is 1.60. The Morgan fingerprint density at radius 1 is 1.06 bits per heavy atom. The van der Waals surface area contributed by atoms with Crippen molar-refractivity contribution in [3.8, 4) is 28.8 Å². The summed E-state index contributed by atoms with van der Waals surface area (Å²) in [7, 11) is 1.45. The van der Waals surface area contributed by atoms with Gasteiger partial charge in [0.05, 0.1) is 36.5 Å². The van der Waals surface area contributed by atoms with Crippen molar-refractivity contribution in [1.29, 1.82) is 5.26 Å². The fourth-order valence-corrected chi connectivity index (χ4v) is 5.03. The van der Waals surface area contributed by atoms with E-state index >= 15 is 0 Å². The number of ether oxygens (including phenoxy) is 1. The van der Waals surface area contributed by atoms with Crippen molar-refractivity contribution in [1.82, 2.24) is 4.57 Å². The van der Waals surface area contributed by atoms with Crippen molar-refractivity contribution in [2.45, 2.75) is 12.8 Å². The Labute approximate surface area is 209 Å². The molecule has 2 N–H and O–H groups in total. The van der Waals surface area contributed by atoms with E-state index in [2.05, 4.69) is 39.8 Å². The van der Waals surface area contributed by atoms with Gasteiger partial charge < -0.3 is 19.9 Å². The Balaban J connectivity index is 1.57. The van der Waals surface area contributed by atoms with E-state index < -0.39 is 5.82 Å². The van der Waals surface area contributed by atoms with Gasteiger partial charge in [0, 0.05) is 41.3 Å². The molecule has 3 aromatic carbocycles. The van der Waals surface area contributed by atoms with Gasteiger partial charge in [-0.05, 0) is 79.6 Å². The summed E-state index contributed by atoms with van der Waals surface area (Å²) in [6, 6.07) is 22.8. The molecule has 1 aliphatic heterocycles. The highest BCUT2D eigenvalue weighted by molar-refractivity contribution is 5.92. The number of rotatable bonds is 6. The number of carbonyl (C=O) groups excluding carboxylic acids is 1. The second-order valence-electron chi connectivity index (χ2n) is 9.05. The number of hydrogen-bond donors (Lipinski definition) is 1. The summed E-state index contributed by atoms with van der Waals surface area (Å²) in [5, 5.41) is 10.2. The summed E-state index contributed by atoms with van der Waals surface area (Å²) in [4.78, 5) is 14.3. The smallest absolute Gasteiger partial charge is 0.165 e. The van der Waals surface area contributed by atoms with Crippen LogP contribution in [0.4, 0.5) is 10.1 Å². The molecule has 36 heavy (non-hydrogen) atoms. The van der Waals surface area contributed by atoms with Gasteiger partial charge in [0.2, 0.25) is 0 Å². The van der Waals surface area contributed by atoms with E-state index in [0.29, 0.717) is 5.56 Å². The molecule has 0 radical (unpaired) electrons. The number of nitrogens with zero attached hydrogens (tertiary/aromatic N) is 3. The first-order chi connectivity index (χ1) is 17.5. The Morgan fingerprint density at radius 2 is 1.78 bits per heavy atom. The first kappa shape index (κ1) is 23.6. The number of aromatic nitrogens is 1. The van der Waals surface area contributed by atoms with E-state index in [0.717, 1.165) is 59.5 Å². The second kappa shape index (κ2) is 9.84.